The maximum atomic E-state index is 11.6. The zero-order valence-corrected chi connectivity index (χ0v) is 9.27. The molecule has 2 N–H and O–H groups in total. The third kappa shape index (κ3) is 2.64. The van der Waals surface area contributed by atoms with Crippen molar-refractivity contribution in [3.63, 3.8) is 0 Å². The van der Waals surface area contributed by atoms with Crippen LogP contribution < -0.4 is 5.32 Å². The lowest BCUT2D eigenvalue weighted by Gasteiger charge is -2.02. The van der Waals surface area contributed by atoms with Crippen molar-refractivity contribution in [3.05, 3.63) is 41.7 Å². The Balaban J connectivity index is 2.09. The Morgan fingerprint density at radius 2 is 1.94 bits per heavy atom. The third-order valence-corrected chi connectivity index (χ3v) is 2.46. The summed E-state index contributed by atoms with van der Waals surface area (Å²) in [5.74, 6) is -1.38. The van der Waals surface area contributed by atoms with Crippen molar-refractivity contribution in [2.24, 2.45) is 0 Å². The summed E-state index contributed by atoms with van der Waals surface area (Å²) in [7, 11) is 0. The highest BCUT2D eigenvalue weighted by Gasteiger charge is 2.09. The lowest BCUT2D eigenvalue weighted by Crippen LogP contribution is -2.12. The highest BCUT2D eigenvalue weighted by molar-refractivity contribution is 6.99. The van der Waals surface area contributed by atoms with Crippen LogP contribution in [0.4, 0.5) is 5.69 Å². The summed E-state index contributed by atoms with van der Waals surface area (Å²) in [6.45, 7) is 0. The Morgan fingerprint density at radius 3 is 2.47 bits per heavy atom. The Bertz CT molecular complexity index is 536. The smallest absolute Gasteiger partial charge is 0.335 e. The fourth-order valence-electron chi connectivity index (χ4n) is 1.16. The molecule has 0 aliphatic heterocycles. The van der Waals surface area contributed by atoms with Crippen molar-refractivity contribution >= 4 is 29.3 Å². The molecule has 2 rings (SSSR count). The molecule has 0 bridgehead atoms. The molecule has 86 valence electrons. The maximum Gasteiger partial charge on any atom is 0.335 e. The van der Waals surface area contributed by atoms with Crippen LogP contribution >= 0.6 is 11.7 Å². The number of hydrogen-bond acceptors (Lipinski definition) is 5. The van der Waals surface area contributed by atoms with Crippen molar-refractivity contribution in [1.82, 2.24) is 8.75 Å². The molecule has 0 spiro atoms. The summed E-state index contributed by atoms with van der Waals surface area (Å²) in [6.07, 6.45) is 1.37. The predicted octanol–water partition coefficient (Wildman–Crippen LogP) is 1.49. The molecule has 6 nitrogen and oxygen atoms in total. The molecule has 17 heavy (non-hydrogen) atoms. The van der Waals surface area contributed by atoms with Gasteiger partial charge in [-0.2, -0.15) is 8.75 Å². The molecule has 0 saturated heterocycles. The maximum absolute atomic E-state index is 11.6. The van der Waals surface area contributed by atoms with Gasteiger partial charge in [-0.3, -0.25) is 4.79 Å². The lowest BCUT2D eigenvalue weighted by atomic mass is 10.2. The van der Waals surface area contributed by atoms with Crippen molar-refractivity contribution < 1.29 is 14.7 Å². The molecule has 7 heteroatoms. The average Bonchev–Trinajstić information content (AvgIpc) is 2.83. The monoisotopic (exact) mass is 249 g/mol. The first-order valence-electron chi connectivity index (χ1n) is 4.59. The van der Waals surface area contributed by atoms with Crippen LogP contribution in [0.15, 0.2) is 30.5 Å². The molecule has 0 saturated carbocycles. The second kappa shape index (κ2) is 4.71. The van der Waals surface area contributed by atoms with Gasteiger partial charge in [0.05, 0.1) is 23.5 Å². The lowest BCUT2D eigenvalue weighted by molar-refractivity contribution is 0.0696. The van der Waals surface area contributed by atoms with Gasteiger partial charge in [-0.15, -0.1) is 0 Å². The van der Waals surface area contributed by atoms with Gasteiger partial charge in [0.1, 0.15) is 0 Å². The summed E-state index contributed by atoms with van der Waals surface area (Å²) >= 11 is 0.946. The van der Waals surface area contributed by atoms with E-state index in [-0.39, 0.29) is 17.2 Å². The Morgan fingerprint density at radius 1 is 1.24 bits per heavy atom. The standard InChI is InChI=1S/C10H7N3O3S/c14-9(8-5-11-17-13-8)12-7-3-1-6(2-4-7)10(15)16/h1-5H,(H,12,14)(H,15,16). The number of anilines is 1. The van der Waals surface area contributed by atoms with E-state index in [2.05, 4.69) is 14.1 Å². The minimum atomic E-state index is -1.01. The topological polar surface area (TPSA) is 92.2 Å². The van der Waals surface area contributed by atoms with Crippen LogP contribution in [-0.2, 0) is 0 Å². The van der Waals surface area contributed by atoms with E-state index in [1.54, 1.807) is 0 Å². The second-order valence-corrected chi connectivity index (χ2v) is 3.69. The number of hydrogen-bond donors (Lipinski definition) is 2. The molecule has 0 aliphatic rings. The quantitative estimate of drug-likeness (QED) is 0.859. The van der Waals surface area contributed by atoms with Gasteiger partial charge in [-0.25, -0.2) is 4.79 Å². The normalized spacial score (nSPS) is 9.88. The van der Waals surface area contributed by atoms with Crippen LogP contribution in [0.5, 0.6) is 0 Å². The molecule has 0 fully saturated rings. The van der Waals surface area contributed by atoms with E-state index in [1.807, 2.05) is 0 Å². The van der Waals surface area contributed by atoms with Crippen LogP contribution in [0.1, 0.15) is 20.8 Å². The Hall–Kier alpha value is -2.28. The third-order valence-electron chi connectivity index (χ3n) is 1.98. The number of amides is 1. The number of nitrogens with zero attached hydrogens (tertiary/aromatic N) is 2. The summed E-state index contributed by atoms with van der Waals surface area (Å²) < 4.78 is 7.50. The fourth-order valence-corrected chi connectivity index (χ4v) is 1.57. The molecule has 1 amide bonds. The molecule has 0 aliphatic carbocycles. The molecule has 0 unspecified atom stereocenters. The van der Waals surface area contributed by atoms with Crippen LogP contribution in [0, 0.1) is 0 Å². The van der Waals surface area contributed by atoms with Crippen molar-refractivity contribution in [2.75, 3.05) is 5.32 Å². The zero-order valence-electron chi connectivity index (χ0n) is 8.45. The van der Waals surface area contributed by atoms with Crippen LogP contribution in [0.2, 0.25) is 0 Å². The minimum absolute atomic E-state index is 0.165. The van der Waals surface area contributed by atoms with Gasteiger partial charge in [-0.05, 0) is 24.3 Å². The number of carbonyl (C=O) groups is 2. The minimum Gasteiger partial charge on any atom is -0.478 e. The van der Waals surface area contributed by atoms with E-state index >= 15 is 0 Å². The van der Waals surface area contributed by atoms with Crippen LogP contribution in [0.3, 0.4) is 0 Å². The predicted molar refractivity (Wildman–Crippen MR) is 61.3 cm³/mol. The fraction of sp³-hybridized carbons (Fsp3) is 0. The first kappa shape index (κ1) is 11.2. The summed E-state index contributed by atoms with van der Waals surface area (Å²) in [4.78, 5) is 22.2. The van der Waals surface area contributed by atoms with Gasteiger partial charge in [0.15, 0.2) is 5.69 Å². The van der Waals surface area contributed by atoms with Crippen molar-refractivity contribution in [1.29, 1.82) is 0 Å². The Labute approximate surface area is 100 Å². The molecule has 2 aromatic rings. The van der Waals surface area contributed by atoms with E-state index in [0.717, 1.165) is 11.7 Å². The zero-order chi connectivity index (χ0) is 12.3. The SMILES string of the molecule is O=C(O)c1ccc(NC(=O)c2cnsn2)cc1. The number of aromatic carboxylic acids is 1. The summed E-state index contributed by atoms with van der Waals surface area (Å²) in [6, 6.07) is 5.86. The number of carboxylic acids is 1. The van der Waals surface area contributed by atoms with Gasteiger partial charge in [0.2, 0.25) is 0 Å². The molecule has 0 radical (unpaired) electrons. The molecule has 0 atom stereocenters. The van der Waals surface area contributed by atoms with Gasteiger partial charge < -0.3 is 10.4 Å². The van der Waals surface area contributed by atoms with Crippen LogP contribution in [-0.4, -0.2) is 25.7 Å². The van der Waals surface area contributed by atoms with Gasteiger partial charge in [-0.1, -0.05) is 0 Å². The number of nitrogens with one attached hydrogen (secondary N) is 1. The highest BCUT2D eigenvalue weighted by Crippen LogP contribution is 2.10. The molecule has 1 aromatic carbocycles. The van der Waals surface area contributed by atoms with E-state index in [9.17, 15) is 9.59 Å². The number of carbonyl (C=O) groups excluding carboxylic acids is 1. The Kier molecular flexibility index (Phi) is 3.10. The van der Waals surface area contributed by atoms with E-state index in [1.165, 1.54) is 30.5 Å². The van der Waals surface area contributed by atoms with Gasteiger partial charge >= 0.3 is 5.97 Å². The van der Waals surface area contributed by atoms with Crippen molar-refractivity contribution in [2.45, 2.75) is 0 Å². The average molecular weight is 249 g/mol. The molecule has 1 aromatic heterocycles. The molecular formula is C10H7N3O3S. The first-order valence-corrected chi connectivity index (χ1v) is 5.32. The number of benzene rings is 1. The van der Waals surface area contributed by atoms with Gasteiger partial charge in [0.25, 0.3) is 5.91 Å². The largest absolute Gasteiger partial charge is 0.478 e. The number of rotatable bonds is 3. The highest BCUT2D eigenvalue weighted by atomic mass is 32.1. The first-order chi connectivity index (χ1) is 8.16. The van der Waals surface area contributed by atoms with Crippen molar-refractivity contribution in [3.8, 4) is 0 Å². The summed E-state index contributed by atoms with van der Waals surface area (Å²) in [5, 5.41) is 11.3. The summed E-state index contributed by atoms with van der Waals surface area (Å²) in [5.41, 5.74) is 0.906. The van der Waals surface area contributed by atoms with Crippen LogP contribution in [0.25, 0.3) is 0 Å². The molecule has 1 heterocycles. The van der Waals surface area contributed by atoms with Gasteiger partial charge in [0, 0.05) is 5.69 Å². The number of aromatic nitrogens is 2. The van der Waals surface area contributed by atoms with E-state index < -0.39 is 5.97 Å². The number of carboxylic acid groups (broad SMARTS) is 1. The van der Waals surface area contributed by atoms with E-state index in [0.29, 0.717) is 5.69 Å². The van der Waals surface area contributed by atoms with E-state index in [4.69, 9.17) is 5.11 Å². The molecular weight excluding hydrogens is 242 g/mol. The second-order valence-electron chi connectivity index (χ2n) is 3.13.